The number of H-pyrrole nitrogens is 1. The lowest BCUT2D eigenvalue weighted by molar-refractivity contribution is -0.116. The predicted octanol–water partition coefficient (Wildman–Crippen LogP) is 5.49. The molecule has 0 aliphatic carbocycles. The number of aromatic amines is 1. The van der Waals surface area contributed by atoms with Crippen LogP contribution in [0.3, 0.4) is 0 Å². The zero-order valence-corrected chi connectivity index (χ0v) is 18.5. The van der Waals surface area contributed by atoms with Crippen LogP contribution in [0.1, 0.15) is 50.6 Å². The van der Waals surface area contributed by atoms with Gasteiger partial charge in [-0.3, -0.25) is 4.79 Å². The first-order chi connectivity index (χ1) is 14.7. The van der Waals surface area contributed by atoms with Crippen molar-refractivity contribution in [1.82, 2.24) is 4.98 Å². The lowest BCUT2D eigenvalue weighted by Crippen LogP contribution is -2.17. The van der Waals surface area contributed by atoms with Crippen LogP contribution in [0.15, 0.2) is 30.5 Å². The molecule has 1 aromatic carbocycles. The fourth-order valence-corrected chi connectivity index (χ4v) is 6.70. The molecule has 1 fully saturated rings. The monoisotopic (exact) mass is 448 g/mol. The van der Waals surface area contributed by atoms with Gasteiger partial charge in [0.2, 0.25) is 12.2 Å². The largest absolute Gasteiger partial charge is 0.506 e. The number of amides is 1. The van der Waals surface area contributed by atoms with Gasteiger partial charge in [-0.2, -0.15) is 0 Å². The minimum atomic E-state index is -0.369. The predicted molar refractivity (Wildman–Crippen MR) is 122 cm³/mol. The third kappa shape index (κ3) is 5.82. The number of carbonyl (C=O) groups excluding carboxylic acids is 1. The van der Waals surface area contributed by atoms with E-state index < -0.39 is 0 Å². The molecule has 1 amide bonds. The molecule has 0 radical (unpaired) electrons. The van der Waals surface area contributed by atoms with E-state index in [4.69, 9.17) is 9.47 Å². The highest BCUT2D eigenvalue weighted by Gasteiger charge is 2.26. The lowest BCUT2D eigenvalue weighted by Gasteiger charge is -2.09. The number of ether oxygens (including phenoxy) is 2. The van der Waals surface area contributed by atoms with Crippen LogP contribution >= 0.6 is 21.6 Å². The van der Waals surface area contributed by atoms with Crippen molar-refractivity contribution < 1.29 is 19.4 Å². The molecule has 3 N–H and O–H groups in total. The minimum absolute atomic E-state index is 0.00267. The van der Waals surface area contributed by atoms with E-state index in [9.17, 15) is 9.90 Å². The van der Waals surface area contributed by atoms with Crippen molar-refractivity contribution in [2.45, 2.75) is 62.9 Å². The first kappa shape index (κ1) is 21.3. The number of nitrogens with one attached hydrogen (secondary N) is 2. The summed E-state index contributed by atoms with van der Waals surface area (Å²) in [5, 5.41) is 13.8. The zero-order valence-electron chi connectivity index (χ0n) is 16.9. The summed E-state index contributed by atoms with van der Waals surface area (Å²) in [7, 11) is 3.93. The van der Waals surface area contributed by atoms with Gasteiger partial charge in [-0.25, -0.2) is 0 Å². The van der Waals surface area contributed by atoms with Crippen LogP contribution in [0.25, 0.3) is 0 Å². The number of hydrogen-bond donors (Lipinski definition) is 3. The second kappa shape index (κ2) is 10.4. The molecule has 2 aliphatic heterocycles. The van der Waals surface area contributed by atoms with E-state index in [1.807, 2.05) is 33.9 Å². The van der Waals surface area contributed by atoms with Crippen LogP contribution < -0.4 is 14.8 Å². The van der Waals surface area contributed by atoms with Gasteiger partial charge in [0.05, 0.1) is 5.69 Å². The molecular formula is C22H28N2O4S2. The molecule has 162 valence electrons. The Labute approximate surface area is 184 Å². The van der Waals surface area contributed by atoms with Gasteiger partial charge < -0.3 is 24.9 Å². The average Bonchev–Trinajstić information content (AvgIpc) is 3.48. The number of rotatable bonds is 10. The van der Waals surface area contributed by atoms with E-state index in [0.29, 0.717) is 23.6 Å². The normalized spacial score (nSPS) is 19.9. The van der Waals surface area contributed by atoms with Crippen LogP contribution in [-0.4, -0.2) is 33.3 Å². The highest BCUT2D eigenvalue weighted by atomic mass is 33.1. The number of aryl methyl sites for hydroxylation is 1. The van der Waals surface area contributed by atoms with Gasteiger partial charge in [-0.15, -0.1) is 0 Å². The second-order valence-corrected chi connectivity index (χ2v) is 10.5. The summed E-state index contributed by atoms with van der Waals surface area (Å²) in [5.74, 6) is 2.23. The number of aromatic hydroxyl groups is 1. The molecular weight excluding hydrogens is 420 g/mol. The standard InChI is InChI=1S/C22H28N2O4S2/c25-18-14-20-19(27-22(28-20)9-3-5-15-6-4-11-23-15)13-17(18)24-21(26)8-2-1-7-16-10-12-29-30-16/h4,6,11,13-14,16,22-23,25H,1-3,5,7-10,12H2,(H,24,26). The van der Waals surface area contributed by atoms with Crippen molar-refractivity contribution in [3.8, 4) is 17.2 Å². The fraction of sp³-hybridized carbons (Fsp3) is 0.500. The topological polar surface area (TPSA) is 83.6 Å². The van der Waals surface area contributed by atoms with Gasteiger partial charge in [-0.05, 0) is 44.2 Å². The molecule has 0 saturated carbocycles. The Kier molecular flexibility index (Phi) is 7.38. The number of phenols is 1. The van der Waals surface area contributed by atoms with Gasteiger partial charge in [0.1, 0.15) is 5.75 Å². The van der Waals surface area contributed by atoms with E-state index in [1.165, 1.54) is 30.4 Å². The van der Waals surface area contributed by atoms with Crippen LogP contribution in [-0.2, 0) is 11.2 Å². The summed E-state index contributed by atoms with van der Waals surface area (Å²) in [6.45, 7) is 0. The average molecular weight is 449 g/mol. The van der Waals surface area contributed by atoms with Crippen LogP contribution in [0.2, 0.25) is 0 Å². The number of phenolic OH excluding ortho intramolecular Hbond substituents is 1. The Hall–Kier alpha value is -1.93. The SMILES string of the molecule is O=C(CCCCC1CCSS1)Nc1cc2c(cc1O)OC(CCCc1ccc[nH]1)O2. The number of fused-ring (bicyclic) bond motifs is 1. The molecule has 1 saturated heterocycles. The Morgan fingerprint density at radius 2 is 2.07 bits per heavy atom. The van der Waals surface area contributed by atoms with Crippen molar-refractivity contribution in [2.75, 3.05) is 11.1 Å². The summed E-state index contributed by atoms with van der Waals surface area (Å²) in [6.07, 6.45) is 8.97. The van der Waals surface area contributed by atoms with Crippen LogP contribution in [0.5, 0.6) is 17.2 Å². The van der Waals surface area contributed by atoms with Crippen molar-refractivity contribution in [3.05, 3.63) is 36.2 Å². The molecule has 2 atom stereocenters. The van der Waals surface area contributed by atoms with E-state index >= 15 is 0 Å². The van der Waals surface area contributed by atoms with Gasteiger partial charge in [0.25, 0.3) is 0 Å². The fourth-order valence-electron chi connectivity index (χ4n) is 3.68. The summed E-state index contributed by atoms with van der Waals surface area (Å²) >= 11 is 0. The van der Waals surface area contributed by atoms with E-state index in [1.54, 1.807) is 6.07 Å². The van der Waals surface area contributed by atoms with Gasteiger partial charge >= 0.3 is 0 Å². The van der Waals surface area contributed by atoms with Crippen LogP contribution in [0, 0.1) is 0 Å². The number of carbonyl (C=O) groups is 1. The highest BCUT2D eigenvalue weighted by molar-refractivity contribution is 8.77. The number of unbranched alkanes of at least 4 members (excludes halogenated alkanes) is 1. The molecule has 2 unspecified atom stereocenters. The highest BCUT2D eigenvalue weighted by Crippen LogP contribution is 2.43. The molecule has 8 heteroatoms. The van der Waals surface area contributed by atoms with E-state index in [0.717, 1.165) is 37.4 Å². The van der Waals surface area contributed by atoms with Gasteiger partial charge in [-0.1, -0.05) is 28.0 Å². The molecule has 30 heavy (non-hydrogen) atoms. The maximum Gasteiger partial charge on any atom is 0.241 e. The molecule has 4 rings (SSSR count). The molecule has 1 aromatic heterocycles. The summed E-state index contributed by atoms with van der Waals surface area (Å²) < 4.78 is 11.6. The summed E-state index contributed by atoms with van der Waals surface area (Å²) in [6, 6.07) is 7.22. The second-order valence-electron chi connectivity index (χ2n) is 7.69. The Bertz CT molecular complexity index is 838. The molecule has 3 heterocycles. The number of anilines is 1. The van der Waals surface area contributed by atoms with Crippen molar-refractivity contribution in [3.63, 3.8) is 0 Å². The molecule has 2 aromatic rings. The van der Waals surface area contributed by atoms with Crippen molar-refractivity contribution in [2.24, 2.45) is 0 Å². The van der Waals surface area contributed by atoms with Crippen molar-refractivity contribution >= 4 is 33.2 Å². The first-order valence-electron chi connectivity index (χ1n) is 10.6. The van der Waals surface area contributed by atoms with Crippen LogP contribution in [0.4, 0.5) is 5.69 Å². The van der Waals surface area contributed by atoms with E-state index in [-0.39, 0.29) is 17.9 Å². The molecule has 0 spiro atoms. The van der Waals surface area contributed by atoms with Gasteiger partial charge in [0, 0.05) is 47.9 Å². The number of hydrogen-bond acceptors (Lipinski definition) is 6. The maximum atomic E-state index is 12.3. The van der Waals surface area contributed by atoms with Gasteiger partial charge in [0.15, 0.2) is 11.5 Å². The molecule has 6 nitrogen and oxygen atoms in total. The quantitative estimate of drug-likeness (QED) is 0.253. The smallest absolute Gasteiger partial charge is 0.241 e. The zero-order chi connectivity index (χ0) is 20.8. The third-order valence-corrected chi connectivity index (χ3v) is 8.32. The molecule has 2 aliphatic rings. The number of aromatic nitrogens is 1. The van der Waals surface area contributed by atoms with E-state index in [2.05, 4.69) is 16.4 Å². The summed E-state index contributed by atoms with van der Waals surface area (Å²) in [5.41, 5.74) is 1.56. The molecule has 0 bridgehead atoms. The Morgan fingerprint density at radius 3 is 2.83 bits per heavy atom. The summed E-state index contributed by atoms with van der Waals surface area (Å²) in [4.78, 5) is 15.5. The van der Waals surface area contributed by atoms with Crippen molar-refractivity contribution in [1.29, 1.82) is 0 Å². The number of benzene rings is 1. The Balaban J connectivity index is 1.21. The maximum absolute atomic E-state index is 12.3. The lowest BCUT2D eigenvalue weighted by atomic mass is 10.1. The first-order valence-corrected chi connectivity index (χ1v) is 13.0. The third-order valence-electron chi connectivity index (χ3n) is 5.31. The minimum Gasteiger partial charge on any atom is -0.506 e. The Morgan fingerprint density at radius 1 is 1.20 bits per heavy atom.